The number of carboxylic acid groups (broad SMARTS) is 2. The molecule has 5 nitrogen and oxygen atoms in total. The highest BCUT2D eigenvalue weighted by Crippen LogP contribution is 2.21. The van der Waals surface area contributed by atoms with E-state index in [4.69, 9.17) is 14.9 Å². The van der Waals surface area contributed by atoms with Gasteiger partial charge in [-0.05, 0) is 23.3 Å². The Kier molecular flexibility index (Phi) is 4.56. The first-order valence-corrected chi connectivity index (χ1v) is 6.30. The molecular formula is C16H14O5. The Morgan fingerprint density at radius 3 is 2.00 bits per heavy atom. The molecule has 0 saturated heterocycles. The third-order valence-electron chi connectivity index (χ3n) is 2.96. The zero-order valence-corrected chi connectivity index (χ0v) is 11.1. The van der Waals surface area contributed by atoms with Crippen LogP contribution in [0.4, 0.5) is 0 Å². The third kappa shape index (κ3) is 3.82. The average Bonchev–Trinajstić information content (AvgIpc) is 2.47. The fraction of sp³-hybridized carbons (Fsp3) is 0.125. The molecule has 0 aliphatic rings. The molecule has 2 aromatic carbocycles. The minimum atomic E-state index is -1.56. The van der Waals surface area contributed by atoms with E-state index in [-0.39, 0.29) is 5.56 Å². The number of carbonyl (C=O) groups is 2. The zero-order valence-electron chi connectivity index (χ0n) is 11.1. The molecule has 21 heavy (non-hydrogen) atoms. The van der Waals surface area contributed by atoms with Crippen molar-refractivity contribution in [3.05, 3.63) is 65.7 Å². The van der Waals surface area contributed by atoms with Crippen LogP contribution in [0.1, 0.15) is 17.0 Å². The monoisotopic (exact) mass is 286 g/mol. The van der Waals surface area contributed by atoms with Crippen molar-refractivity contribution < 1.29 is 24.5 Å². The lowest BCUT2D eigenvalue weighted by Crippen LogP contribution is -2.20. The second-order valence-electron chi connectivity index (χ2n) is 4.45. The van der Waals surface area contributed by atoms with Gasteiger partial charge in [-0.15, -0.1) is 0 Å². The van der Waals surface area contributed by atoms with Crippen molar-refractivity contribution in [3.63, 3.8) is 0 Å². The van der Waals surface area contributed by atoms with Crippen LogP contribution in [0.5, 0.6) is 5.75 Å². The van der Waals surface area contributed by atoms with Crippen LogP contribution in [0.2, 0.25) is 0 Å². The van der Waals surface area contributed by atoms with E-state index < -0.39 is 17.9 Å². The zero-order chi connectivity index (χ0) is 15.2. The predicted molar refractivity (Wildman–Crippen MR) is 75.2 cm³/mol. The van der Waals surface area contributed by atoms with Gasteiger partial charge in [0, 0.05) is 0 Å². The topological polar surface area (TPSA) is 83.8 Å². The summed E-state index contributed by atoms with van der Waals surface area (Å²) < 4.78 is 5.55. The standard InChI is InChI=1S/C16H14O5/c17-15(18)14(16(19)20)12-6-8-13(9-7-12)21-10-11-4-2-1-3-5-11/h1-9,14H,10H2,(H,17,18)(H,19,20). The van der Waals surface area contributed by atoms with Gasteiger partial charge in [-0.2, -0.15) is 0 Å². The lowest BCUT2D eigenvalue weighted by atomic mass is 9.99. The molecule has 0 saturated carbocycles. The van der Waals surface area contributed by atoms with Crippen LogP contribution in [0, 0.1) is 0 Å². The van der Waals surface area contributed by atoms with Crippen molar-refractivity contribution in [1.29, 1.82) is 0 Å². The highest BCUT2D eigenvalue weighted by Gasteiger charge is 2.27. The van der Waals surface area contributed by atoms with Crippen LogP contribution in [0.25, 0.3) is 0 Å². The van der Waals surface area contributed by atoms with E-state index >= 15 is 0 Å². The van der Waals surface area contributed by atoms with E-state index in [1.165, 1.54) is 12.1 Å². The van der Waals surface area contributed by atoms with Gasteiger partial charge in [-0.25, -0.2) is 0 Å². The van der Waals surface area contributed by atoms with Crippen LogP contribution in [-0.4, -0.2) is 22.2 Å². The summed E-state index contributed by atoms with van der Waals surface area (Å²) in [4.78, 5) is 21.8. The highest BCUT2D eigenvalue weighted by atomic mass is 16.5. The summed E-state index contributed by atoms with van der Waals surface area (Å²) in [5.74, 6) is -3.79. The molecule has 5 heteroatoms. The molecule has 108 valence electrons. The van der Waals surface area contributed by atoms with Gasteiger partial charge in [-0.1, -0.05) is 42.5 Å². The number of carboxylic acids is 2. The maximum Gasteiger partial charge on any atom is 0.322 e. The fourth-order valence-corrected chi connectivity index (χ4v) is 1.89. The molecule has 2 N–H and O–H groups in total. The van der Waals surface area contributed by atoms with Crippen molar-refractivity contribution in [3.8, 4) is 5.75 Å². The van der Waals surface area contributed by atoms with Gasteiger partial charge in [0.2, 0.25) is 0 Å². The van der Waals surface area contributed by atoms with Crippen molar-refractivity contribution in [2.75, 3.05) is 0 Å². The summed E-state index contributed by atoms with van der Waals surface area (Å²) in [6.45, 7) is 0.390. The highest BCUT2D eigenvalue weighted by molar-refractivity contribution is 5.98. The van der Waals surface area contributed by atoms with E-state index in [1.54, 1.807) is 12.1 Å². The Hall–Kier alpha value is -2.82. The summed E-state index contributed by atoms with van der Waals surface area (Å²) in [5, 5.41) is 17.8. The van der Waals surface area contributed by atoms with Crippen LogP contribution >= 0.6 is 0 Å². The smallest absolute Gasteiger partial charge is 0.322 e. The van der Waals surface area contributed by atoms with E-state index in [0.29, 0.717) is 12.4 Å². The molecule has 2 aromatic rings. The van der Waals surface area contributed by atoms with Crippen LogP contribution in [0.3, 0.4) is 0 Å². The quantitative estimate of drug-likeness (QED) is 0.797. The van der Waals surface area contributed by atoms with E-state index in [1.807, 2.05) is 30.3 Å². The van der Waals surface area contributed by atoms with Crippen molar-refractivity contribution in [2.45, 2.75) is 12.5 Å². The van der Waals surface area contributed by atoms with Gasteiger partial charge < -0.3 is 14.9 Å². The number of ether oxygens (including phenoxy) is 1. The van der Waals surface area contributed by atoms with Gasteiger partial charge in [0.1, 0.15) is 12.4 Å². The molecule has 0 spiro atoms. The Balaban J connectivity index is 2.05. The van der Waals surface area contributed by atoms with Crippen molar-refractivity contribution >= 4 is 11.9 Å². The molecule has 0 heterocycles. The molecule has 0 aliphatic carbocycles. The minimum absolute atomic E-state index is 0.210. The van der Waals surface area contributed by atoms with Gasteiger partial charge in [0.15, 0.2) is 5.92 Å². The van der Waals surface area contributed by atoms with E-state index in [9.17, 15) is 9.59 Å². The van der Waals surface area contributed by atoms with Crippen molar-refractivity contribution in [2.24, 2.45) is 0 Å². The largest absolute Gasteiger partial charge is 0.489 e. The number of aliphatic carboxylic acids is 2. The van der Waals surface area contributed by atoms with Crippen LogP contribution in [-0.2, 0) is 16.2 Å². The van der Waals surface area contributed by atoms with E-state index in [0.717, 1.165) is 5.56 Å². The first kappa shape index (κ1) is 14.6. The predicted octanol–water partition coefficient (Wildman–Crippen LogP) is 2.52. The fourth-order valence-electron chi connectivity index (χ4n) is 1.89. The lowest BCUT2D eigenvalue weighted by Gasteiger charge is -2.10. The Morgan fingerprint density at radius 2 is 1.48 bits per heavy atom. The lowest BCUT2D eigenvalue weighted by molar-refractivity contribution is -0.150. The number of hydrogen-bond acceptors (Lipinski definition) is 3. The minimum Gasteiger partial charge on any atom is -0.489 e. The maximum atomic E-state index is 10.9. The summed E-state index contributed by atoms with van der Waals surface area (Å²) in [5.41, 5.74) is 1.22. The molecule has 2 rings (SSSR count). The van der Waals surface area contributed by atoms with Gasteiger partial charge in [-0.3, -0.25) is 9.59 Å². The first-order chi connectivity index (χ1) is 10.1. The molecule has 0 amide bonds. The molecule has 0 atom stereocenters. The number of rotatable bonds is 6. The number of hydrogen-bond donors (Lipinski definition) is 2. The van der Waals surface area contributed by atoms with Gasteiger partial charge >= 0.3 is 11.9 Å². The van der Waals surface area contributed by atoms with Gasteiger partial charge in [0.25, 0.3) is 0 Å². The Bertz CT molecular complexity index is 605. The first-order valence-electron chi connectivity index (χ1n) is 6.30. The molecular weight excluding hydrogens is 272 g/mol. The Labute approximate surface area is 121 Å². The normalized spacial score (nSPS) is 10.3. The summed E-state index contributed by atoms with van der Waals surface area (Å²) in [6, 6.07) is 15.6. The molecule has 0 radical (unpaired) electrons. The molecule has 0 aliphatic heterocycles. The molecule has 0 unspecified atom stereocenters. The Morgan fingerprint density at radius 1 is 0.905 bits per heavy atom. The van der Waals surface area contributed by atoms with Gasteiger partial charge in [0.05, 0.1) is 0 Å². The SMILES string of the molecule is O=C(O)C(C(=O)O)c1ccc(OCc2ccccc2)cc1. The second-order valence-corrected chi connectivity index (χ2v) is 4.45. The van der Waals surface area contributed by atoms with Crippen molar-refractivity contribution in [1.82, 2.24) is 0 Å². The molecule has 0 fully saturated rings. The average molecular weight is 286 g/mol. The molecule has 0 aromatic heterocycles. The molecule has 0 bridgehead atoms. The maximum absolute atomic E-state index is 10.9. The number of benzene rings is 2. The summed E-state index contributed by atoms with van der Waals surface area (Å²) in [7, 11) is 0. The second kappa shape index (κ2) is 6.56. The summed E-state index contributed by atoms with van der Waals surface area (Å²) in [6.07, 6.45) is 0. The van der Waals surface area contributed by atoms with Crippen LogP contribution < -0.4 is 4.74 Å². The summed E-state index contributed by atoms with van der Waals surface area (Å²) >= 11 is 0. The van der Waals surface area contributed by atoms with Crippen LogP contribution in [0.15, 0.2) is 54.6 Å². The van der Waals surface area contributed by atoms with E-state index in [2.05, 4.69) is 0 Å². The third-order valence-corrected chi connectivity index (χ3v) is 2.96.